The van der Waals surface area contributed by atoms with Crippen molar-refractivity contribution in [3.63, 3.8) is 0 Å². The summed E-state index contributed by atoms with van der Waals surface area (Å²) < 4.78 is 23.6. The molecule has 0 aliphatic rings. The molecule has 0 saturated carbocycles. The Morgan fingerprint density at radius 2 is 2.06 bits per heavy atom. The van der Waals surface area contributed by atoms with Crippen molar-refractivity contribution < 1.29 is 23.5 Å². The van der Waals surface area contributed by atoms with Crippen molar-refractivity contribution in [1.29, 1.82) is 0 Å². The minimum atomic E-state index is -0.635. The highest BCUT2D eigenvalue weighted by Gasteiger charge is 2.19. The van der Waals surface area contributed by atoms with Crippen molar-refractivity contribution in [3.05, 3.63) is 59.5 Å². The first kappa shape index (κ1) is 24.1. The summed E-state index contributed by atoms with van der Waals surface area (Å²) in [7, 11) is 1.49. The zero-order valence-electron chi connectivity index (χ0n) is 17.2. The molecule has 1 aromatic heterocycles. The predicted molar refractivity (Wildman–Crippen MR) is 113 cm³/mol. The second-order valence-electron chi connectivity index (χ2n) is 6.70. The molecular weight excluding hydrogens is 427 g/mol. The van der Waals surface area contributed by atoms with E-state index in [1.165, 1.54) is 19.2 Å². The Hall–Kier alpha value is -3.20. The number of aromatic nitrogens is 2. The third-order valence-electron chi connectivity index (χ3n) is 4.30. The number of carbonyl (C=O) groups excluding carboxylic acids is 2. The molecule has 8 nitrogen and oxygen atoms in total. The highest BCUT2D eigenvalue weighted by molar-refractivity contribution is 6.30. The quantitative estimate of drug-likeness (QED) is 0.510. The Morgan fingerprint density at radius 1 is 1.29 bits per heavy atom. The van der Waals surface area contributed by atoms with E-state index < -0.39 is 23.7 Å². The smallest absolute Gasteiger partial charge is 0.258 e. The molecule has 0 aliphatic heterocycles. The number of amides is 2. The van der Waals surface area contributed by atoms with Crippen LogP contribution in [-0.4, -0.2) is 41.8 Å². The fourth-order valence-corrected chi connectivity index (χ4v) is 2.69. The number of hydrogen-bond acceptors (Lipinski definition) is 6. The van der Waals surface area contributed by atoms with Gasteiger partial charge in [-0.1, -0.05) is 24.6 Å². The molecule has 0 fully saturated rings. The molecule has 0 radical (unpaired) electrons. The van der Waals surface area contributed by atoms with Crippen LogP contribution < -0.4 is 20.1 Å². The van der Waals surface area contributed by atoms with E-state index in [1.807, 2.05) is 0 Å². The van der Waals surface area contributed by atoms with Gasteiger partial charge in [-0.15, -0.1) is 11.7 Å². The van der Waals surface area contributed by atoms with Gasteiger partial charge in [0, 0.05) is 24.1 Å². The molecule has 166 valence electrons. The van der Waals surface area contributed by atoms with Crippen LogP contribution in [-0.2, 0) is 16.1 Å². The van der Waals surface area contributed by atoms with Gasteiger partial charge in [-0.05, 0) is 24.6 Å². The van der Waals surface area contributed by atoms with Gasteiger partial charge in [-0.25, -0.2) is 4.39 Å². The first-order valence-corrected chi connectivity index (χ1v) is 9.84. The van der Waals surface area contributed by atoms with Gasteiger partial charge in [0.15, 0.2) is 6.61 Å². The van der Waals surface area contributed by atoms with Gasteiger partial charge >= 0.3 is 0 Å². The van der Waals surface area contributed by atoms with E-state index >= 15 is 0 Å². The second kappa shape index (κ2) is 11.8. The van der Waals surface area contributed by atoms with Crippen molar-refractivity contribution in [2.75, 3.05) is 13.7 Å². The molecule has 2 aromatic rings. The van der Waals surface area contributed by atoms with E-state index in [-0.39, 0.29) is 29.8 Å². The number of nitrogens with one attached hydrogen (secondary N) is 2. The summed E-state index contributed by atoms with van der Waals surface area (Å²) in [6, 6.07) is 6.81. The zero-order chi connectivity index (χ0) is 22.8. The van der Waals surface area contributed by atoms with Crippen molar-refractivity contribution in [2.45, 2.75) is 25.9 Å². The van der Waals surface area contributed by atoms with Crippen LogP contribution in [0.5, 0.6) is 11.6 Å². The van der Waals surface area contributed by atoms with Gasteiger partial charge in [-0.2, -0.15) is 5.10 Å². The number of methoxy groups -OCH3 is 1. The topological polar surface area (TPSA) is 102 Å². The van der Waals surface area contributed by atoms with Crippen molar-refractivity contribution >= 4 is 23.4 Å². The van der Waals surface area contributed by atoms with E-state index in [1.54, 1.807) is 25.1 Å². The minimum Gasteiger partial charge on any atom is -0.484 e. The Labute approximate surface area is 184 Å². The maximum absolute atomic E-state index is 13.4. The summed E-state index contributed by atoms with van der Waals surface area (Å²) in [5, 5.41) is 13.2. The molecule has 1 heterocycles. The molecular formula is C21H24ClFN4O4. The van der Waals surface area contributed by atoms with Gasteiger partial charge in [0.05, 0.1) is 24.4 Å². The van der Waals surface area contributed by atoms with E-state index in [0.717, 1.165) is 6.07 Å². The lowest BCUT2D eigenvalue weighted by Gasteiger charge is -2.19. The normalized spacial score (nSPS) is 12.4. The van der Waals surface area contributed by atoms with E-state index in [9.17, 15) is 14.0 Å². The Balaban J connectivity index is 1.77. The standard InChI is InChI=1S/C21H24ClFN4O4/c1-4-14(25-19(28)12-31-16-6-7-17(22)18(23)10-16)9-13(2)21(29)24-11-15-5-8-20(30-3)27-26-15/h4-8,10,13-14H,1,9,11-12H2,2-3H3,(H,24,29)(H,25,28). The van der Waals surface area contributed by atoms with Crippen LogP contribution >= 0.6 is 11.6 Å². The number of carbonyl (C=O) groups is 2. The predicted octanol–water partition coefficient (Wildman–Crippen LogP) is 2.67. The van der Waals surface area contributed by atoms with E-state index in [4.69, 9.17) is 21.1 Å². The van der Waals surface area contributed by atoms with Crippen molar-refractivity contribution in [1.82, 2.24) is 20.8 Å². The molecule has 0 aliphatic carbocycles. The highest BCUT2D eigenvalue weighted by Crippen LogP contribution is 2.20. The summed E-state index contributed by atoms with van der Waals surface area (Å²) in [4.78, 5) is 24.5. The van der Waals surface area contributed by atoms with Gasteiger partial charge in [0.2, 0.25) is 11.8 Å². The van der Waals surface area contributed by atoms with E-state index in [0.29, 0.717) is 18.0 Å². The van der Waals surface area contributed by atoms with Crippen molar-refractivity contribution in [3.8, 4) is 11.6 Å². The lowest BCUT2D eigenvalue weighted by molar-refractivity contribution is -0.126. The molecule has 2 amide bonds. The highest BCUT2D eigenvalue weighted by atomic mass is 35.5. The van der Waals surface area contributed by atoms with Gasteiger partial charge in [0.1, 0.15) is 11.6 Å². The average molecular weight is 451 g/mol. The molecule has 2 rings (SSSR count). The van der Waals surface area contributed by atoms with Crippen LogP contribution in [0.2, 0.25) is 5.02 Å². The molecule has 10 heteroatoms. The maximum Gasteiger partial charge on any atom is 0.258 e. The molecule has 0 bridgehead atoms. The Morgan fingerprint density at radius 3 is 2.68 bits per heavy atom. The third kappa shape index (κ3) is 7.86. The summed E-state index contributed by atoms with van der Waals surface area (Å²) in [6.07, 6.45) is 1.88. The summed E-state index contributed by atoms with van der Waals surface area (Å²) >= 11 is 5.61. The zero-order valence-corrected chi connectivity index (χ0v) is 18.0. The lowest BCUT2D eigenvalue weighted by Crippen LogP contribution is -2.40. The van der Waals surface area contributed by atoms with Crippen molar-refractivity contribution in [2.24, 2.45) is 5.92 Å². The molecule has 31 heavy (non-hydrogen) atoms. The summed E-state index contributed by atoms with van der Waals surface area (Å²) in [5.74, 6) is -1.10. The Bertz CT molecular complexity index is 911. The number of benzene rings is 1. The molecule has 2 atom stereocenters. The van der Waals surface area contributed by atoms with Crippen LogP contribution in [0.25, 0.3) is 0 Å². The monoisotopic (exact) mass is 450 g/mol. The number of ether oxygens (including phenoxy) is 2. The van der Waals surface area contributed by atoms with Crippen LogP contribution in [0.15, 0.2) is 43.0 Å². The summed E-state index contributed by atoms with van der Waals surface area (Å²) in [6.45, 7) is 5.34. The fourth-order valence-electron chi connectivity index (χ4n) is 2.57. The summed E-state index contributed by atoms with van der Waals surface area (Å²) in [5.41, 5.74) is 0.589. The SMILES string of the molecule is C=CC(CC(C)C(=O)NCc1ccc(OC)nn1)NC(=O)COc1ccc(Cl)c(F)c1. The second-order valence-corrected chi connectivity index (χ2v) is 7.10. The fraction of sp³-hybridized carbons (Fsp3) is 0.333. The van der Waals surface area contributed by atoms with Gasteiger partial charge < -0.3 is 20.1 Å². The number of hydrogen-bond donors (Lipinski definition) is 2. The molecule has 2 unspecified atom stereocenters. The van der Waals surface area contributed by atoms with Crippen LogP contribution in [0.1, 0.15) is 19.0 Å². The van der Waals surface area contributed by atoms with E-state index in [2.05, 4.69) is 27.4 Å². The Kier molecular flexibility index (Phi) is 9.20. The number of rotatable bonds is 11. The third-order valence-corrected chi connectivity index (χ3v) is 4.60. The first-order chi connectivity index (χ1) is 14.8. The molecule has 1 aromatic carbocycles. The number of halogens is 2. The lowest BCUT2D eigenvalue weighted by atomic mass is 10.0. The van der Waals surface area contributed by atoms with Gasteiger partial charge in [-0.3, -0.25) is 9.59 Å². The molecule has 0 saturated heterocycles. The average Bonchev–Trinajstić information content (AvgIpc) is 2.77. The molecule has 0 spiro atoms. The minimum absolute atomic E-state index is 0.0326. The largest absolute Gasteiger partial charge is 0.484 e. The maximum atomic E-state index is 13.4. The van der Waals surface area contributed by atoms with Crippen LogP contribution in [0, 0.1) is 11.7 Å². The molecule has 2 N–H and O–H groups in total. The van der Waals surface area contributed by atoms with Crippen LogP contribution in [0.3, 0.4) is 0 Å². The van der Waals surface area contributed by atoms with Gasteiger partial charge in [0.25, 0.3) is 5.91 Å². The van der Waals surface area contributed by atoms with Crippen LogP contribution in [0.4, 0.5) is 4.39 Å². The first-order valence-electron chi connectivity index (χ1n) is 9.46. The number of nitrogens with zero attached hydrogens (tertiary/aromatic N) is 2.